The van der Waals surface area contributed by atoms with Crippen LogP contribution in [-0.2, 0) is 0 Å². The van der Waals surface area contributed by atoms with E-state index < -0.39 is 0 Å². The second-order valence-electron chi connectivity index (χ2n) is 7.67. The van der Waals surface area contributed by atoms with Gasteiger partial charge in [-0.25, -0.2) is 0 Å². The van der Waals surface area contributed by atoms with Crippen molar-refractivity contribution >= 4 is 0 Å². The summed E-state index contributed by atoms with van der Waals surface area (Å²) in [7, 11) is 0. The van der Waals surface area contributed by atoms with Gasteiger partial charge >= 0.3 is 0 Å². The fraction of sp³-hybridized carbons (Fsp3) is 1.00. The lowest BCUT2D eigenvalue weighted by atomic mass is 9.70. The second kappa shape index (κ2) is 6.13. The van der Waals surface area contributed by atoms with Crippen LogP contribution < -0.4 is 5.32 Å². The van der Waals surface area contributed by atoms with E-state index in [9.17, 15) is 0 Å². The number of nitrogens with one attached hydrogen (secondary N) is 1. The number of likely N-dealkylation sites (tertiary alicyclic amines) is 1. The van der Waals surface area contributed by atoms with Crippen LogP contribution in [0.1, 0.15) is 64.7 Å². The zero-order valence-corrected chi connectivity index (χ0v) is 12.8. The molecule has 0 unspecified atom stereocenters. The third kappa shape index (κ3) is 3.95. The highest BCUT2D eigenvalue weighted by Crippen LogP contribution is 2.40. The van der Waals surface area contributed by atoms with E-state index in [1.165, 1.54) is 84.0 Å². The van der Waals surface area contributed by atoms with Crippen molar-refractivity contribution in [2.24, 2.45) is 11.3 Å². The van der Waals surface area contributed by atoms with Gasteiger partial charge in [0.05, 0.1) is 0 Å². The van der Waals surface area contributed by atoms with Crippen LogP contribution in [0, 0.1) is 11.3 Å². The molecule has 0 bridgehead atoms. The molecule has 2 saturated carbocycles. The third-order valence-corrected chi connectivity index (χ3v) is 5.69. The SMILES string of the molecule is CC1CCC(CNC2CC2)(CN2CCCCC2)CC1. The van der Waals surface area contributed by atoms with Crippen molar-refractivity contribution in [3.63, 3.8) is 0 Å². The molecule has 0 atom stereocenters. The van der Waals surface area contributed by atoms with Gasteiger partial charge in [-0.1, -0.05) is 26.2 Å². The number of nitrogens with zero attached hydrogens (tertiary/aromatic N) is 1. The molecule has 2 aliphatic carbocycles. The molecule has 0 aromatic heterocycles. The summed E-state index contributed by atoms with van der Waals surface area (Å²) in [6.07, 6.45) is 13.0. The minimum Gasteiger partial charge on any atom is -0.313 e. The largest absolute Gasteiger partial charge is 0.313 e. The van der Waals surface area contributed by atoms with Gasteiger partial charge in [0.25, 0.3) is 0 Å². The minimum absolute atomic E-state index is 0.604. The van der Waals surface area contributed by atoms with Crippen LogP contribution in [0.3, 0.4) is 0 Å². The molecular formula is C17H32N2. The van der Waals surface area contributed by atoms with Gasteiger partial charge < -0.3 is 10.2 Å². The van der Waals surface area contributed by atoms with Crippen LogP contribution >= 0.6 is 0 Å². The van der Waals surface area contributed by atoms with Gasteiger partial charge in [0.15, 0.2) is 0 Å². The maximum absolute atomic E-state index is 3.84. The van der Waals surface area contributed by atoms with Crippen molar-refractivity contribution in [1.82, 2.24) is 10.2 Å². The molecular weight excluding hydrogens is 232 g/mol. The molecule has 0 spiro atoms. The van der Waals surface area contributed by atoms with E-state index in [2.05, 4.69) is 17.1 Å². The van der Waals surface area contributed by atoms with Gasteiger partial charge in [0.2, 0.25) is 0 Å². The predicted octanol–water partition coefficient (Wildman–Crippen LogP) is 3.42. The van der Waals surface area contributed by atoms with Crippen LogP contribution in [-0.4, -0.2) is 37.1 Å². The van der Waals surface area contributed by atoms with Gasteiger partial charge in [0, 0.05) is 19.1 Å². The standard InChI is InChI=1S/C17H32N2/c1-15-7-9-17(10-8-15,13-18-16-5-6-16)14-19-11-3-2-4-12-19/h15-16,18H,2-14H2,1H3. The maximum Gasteiger partial charge on any atom is 0.00684 e. The lowest BCUT2D eigenvalue weighted by Crippen LogP contribution is -2.47. The normalized spacial score (nSPS) is 37.4. The topological polar surface area (TPSA) is 15.3 Å². The van der Waals surface area contributed by atoms with E-state index in [1.807, 2.05) is 0 Å². The van der Waals surface area contributed by atoms with Crippen LogP contribution in [0.25, 0.3) is 0 Å². The lowest BCUT2D eigenvalue weighted by Gasteiger charge is -2.44. The Hall–Kier alpha value is -0.0800. The number of piperidine rings is 1. The highest BCUT2D eigenvalue weighted by molar-refractivity contribution is 4.92. The highest BCUT2D eigenvalue weighted by atomic mass is 15.1. The Morgan fingerprint density at radius 1 is 1.00 bits per heavy atom. The molecule has 110 valence electrons. The molecule has 0 aromatic carbocycles. The van der Waals surface area contributed by atoms with Crippen LogP contribution in [0.2, 0.25) is 0 Å². The molecule has 2 heteroatoms. The van der Waals surface area contributed by atoms with Gasteiger partial charge in [-0.2, -0.15) is 0 Å². The second-order valence-corrected chi connectivity index (χ2v) is 7.67. The van der Waals surface area contributed by atoms with E-state index in [1.54, 1.807) is 0 Å². The van der Waals surface area contributed by atoms with E-state index in [0.717, 1.165) is 12.0 Å². The van der Waals surface area contributed by atoms with Crippen molar-refractivity contribution in [3.05, 3.63) is 0 Å². The number of hydrogen-bond donors (Lipinski definition) is 1. The molecule has 3 rings (SSSR count). The summed E-state index contributed by atoms with van der Waals surface area (Å²) in [6, 6.07) is 0.873. The summed E-state index contributed by atoms with van der Waals surface area (Å²) < 4.78 is 0. The molecule has 1 heterocycles. The molecule has 0 amide bonds. The molecule has 0 radical (unpaired) electrons. The minimum atomic E-state index is 0.604. The first-order chi connectivity index (χ1) is 9.26. The van der Waals surface area contributed by atoms with Gasteiger partial charge in [-0.05, 0) is 62.9 Å². The molecule has 19 heavy (non-hydrogen) atoms. The fourth-order valence-electron chi connectivity index (χ4n) is 4.01. The van der Waals surface area contributed by atoms with Crippen molar-refractivity contribution in [3.8, 4) is 0 Å². The molecule has 1 saturated heterocycles. The smallest absolute Gasteiger partial charge is 0.00684 e. The Balaban J connectivity index is 1.57. The van der Waals surface area contributed by atoms with E-state index >= 15 is 0 Å². The summed E-state index contributed by atoms with van der Waals surface area (Å²) >= 11 is 0. The summed E-state index contributed by atoms with van der Waals surface area (Å²) in [5.41, 5.74) is 0.604. The Morgan fingerprint density at radius 2 is 1.68 bits per heavy atom. The van der Waals surface area contributed by atoms with Gasteiger partial charge in [-0.15, -0.1) is 0 Å². The summed E-state index contributed by atoms with van der Waals surface area (Å²) in [4.78, 5) is 2.77. The van der Waals surface area contributed by atoms with E-state index in [-0.39, 0.29) is 0 Å². The number of hydrogen-bond acceptors (Lipinski definition) is 2. The molecule has 0 aromatic rings. The Kier molecular flexibility index (Phi) is 4.48. The van der Waals surface area contributed by atoms with E-state index in [4.69, 9.17) is 0 Å². The Morgan fingerprint density at radius 3 is 2.32 bits per heavy atom. The quantitative estimate of drug-likeness (QED) is 0.818. The Bertz CT molecular complexity index is 271. The number of rotatable bonds is 5. The fourth-order valence-corrected chi connectivity index (χ4v) is 4.01. The molecule has 3 fully saturated rings. The summed E-state index contributed by atoms with van der Waals surface area (Å²) in [5, 5.41) is 3.84. The summed E-state index contributed by atoms with van der Waals surface area (Å²) in [5.74, 6) is 0.968. The first kappa shape index (κ1) is 13.9. The van der Waals surface area contributed by atoms with Crippen molar-refractivity contribution in [1.29, 1.82) is 0 Å². The first-order valence-corrected chi connectivity index (χ1v) is 8.72. The van der Waals surface area contributed by atoms with Crippen LogP contribution in [0.4, 0.5) is 0 Å². The van der Waals surface area contributed by atoms with Crippen molar-refractivity contribution < 1.29 is 0 Å². The average molecular weight is 264 g/mol. The van der Waals surface area contributed by atoms with Crippen molar-refractivity contribution in [2.75, 3.05) is 26.2 Å². The molecule has 1 N–H and O–H groups in total. The van der Waals surface area contributed by atoms with Crippen molar-refractivity contribution in [2.45, 2.75) is 70.8 Å². The third-order valence-electron chi connectivity index (χ3n) is 5.69. The monoisotopic (exact) mass is 264 g/mol. The average Bonchev–Trinajstić information content (AvgIpc) is 3.25. The first-order valence-electron chi connectivity index (χ1n) is 8.72. The molecule has 3 aliphatic rings. The van der Waals surface area contributed by atoms with Crippen LogP contribution in [0.15, 0.2) is 0 Å². The predicted molar refractivity (Wildman–Crippen MR) is 81.4 cm³/mol. The highest BCUT2D eigenvalue weighted by Gasteiger charge is 2.37. The van der Waals surface area contributed by atoms with Crippen LogP contribution in [0.5, 0.6) is 0 Å². The maximum atomic E-state index is 3.84. The molecule has 1 aliphatic heterocycles. The summed E-state index contributed by atoms with van der Waals surface area (Å²) in [6.45, 7) is 7.83. The molecule has 2 nitrogen and oxygen atoms in total. The van der Waals surface area contributed by atoms with Gasteiger partial charge in [-0.3, -0.25) is 0 Å². The van der Waals surface area contributed by atoms with E-state index in [0.29, 0.717) is 5.41 Å². The zero-order chi connectivity index (χ0) is 13.1. The van der Waals surface area contributed by atoms with Gasteiger partial charge in [0.1, 0.15) is 0 Å². The lowest BCUT2D eigenvalue weighted by molar-refractivity contribution is 0.0759. The Labute approximate surface area is 119 Å². The zero-order valence-electron chi connectivity index (χ0n) is 12.8.